The molecule has 1 unspecified atom stereocenters. The molecule has 0 saturated heterocycles. The first-order valence-corrected chi connectivity index (χ1v) is 6.50. The van der Waals surface area contributed by atoms with Crippen molar-refractivity contribution in [1.82, 2.24) is 4.98 Å². The molecule has 0 aliphatic heterocycles. The fraction of sp³-hybridized carbons (Fsp3) is 0.545. The zero-order valence-corrected chi connectivity index (χ0v) is 10.4. The Balaban J connectivity index is 2.77. The number of aromatic nitrogens is 1. The first-order valence-electron chi connectivity index (χ1n) is 5.11. The lowest BCUT2D eigenvalue weighted by molar-refractivity contribution is 0.672. The van der Waals surface area contributed by atoms with Gasteiger partial charge in [0.25, 0.3) is 0 Å². The van der Waals surface area contributed by atoms with Crippen molar-refractivity contribution in [3.8, 4) is 0 Å². The summed E-state index contributed by atoms with van der Waals surface area (Å²) < 4.78 is 0. The van der Waals surface area contributed by atoms with E-state index in [2.05, 4.69) is 30.1 Å². The van der Waals surface area contributed by atoms with Gasteiger partial charge in [0.15, 0.2) is 0 Å². The van der Waals surface area contributed by atoms with E-state index in [0.29, 0.717) is 6.04 Å². The van der Waals surface area contributed by atoms with Crippen molar-refractivity contribution < 1.29 is 0 Å². The number of hydrogen-bond acceptors (Lipinski definition) is 4. The highest BCUT2D eigenvalue weighted by Gasteiger charge is 2.12. The predicted octanol–water partition coefficient (Wildman–Crippen LogP) is 2.24. The highest BCUT2D eigenvalue weighted by molar-refractivity contribution is 7.98. The monoisotopic (exact) mass is 225 g/mol. The molecule has 0 aliphatic carbocycles. The van der Waals surface area contributed by atoms with E-state index in [-0.39, 0.29) is 0 Å². The molecule has 1 aromatic heterocycles. The van der Waals surface area contributed by atoms with Gasteiger partial charge in [-0.2, -0.15) is 11.8 Å². The number of thioether (sulfide) groups is 1. The van der Waals surface area contributed by atoms with Crippen LogP contribution in [-0.2, 0) is 0 Å². The van der Waals surface area contributed by atoms with E-state index in [1.165, 1.54) is 0 Å². The van der Waals surface area contributed by atoms with E-state index in [4.69, 9.17) is 5.73 Å². The molecular weight excluding hydrogens is 206 g/mol. The Kier molecular flexibility index (Phi) is 4.75. The van der Waals surface area contributed by atoms with Crippen LogP contribution < -0.4 is 10.6 Å². The lowest BCUT2D eigenvalue weighted by atomic mass is 10.2. The van der Waals surface area contributed by atoms with Crippen LogP contribution in [0, 0.1) is 0 Å². The quantitative estimate of drug-likeness (QED) is 0.834. The van der Waals surface area contributed by atoms with E-state index in [0.717, 1.165) is 23.5 Å². The van der Waals surface area contributed by atoms with E-state index in [1.54, 1.807) is 6.20 Å². The van der Waals surface area contributed by atoms with Gasteiger partial charge in [0.1, 0.15) is 0 Å². The molecule has 84 valence electrons. The lowest BCUT2D eigenvalue weighted by Gasteiger charge is -2.28. The Labute approximate surface area is 96.1 Å². The zero-order chi connectivity index (χ0) is 11.3. The van der Waals surface area contributed by atoms with Crippen LogP contribution in [0.15, 0.2) is 18.5 Å². The molecule has 0 saturated carbocycles. The van der Waals surface area contributed by atoms with Gasteiger partial charge in [0.05, 0.1) is 17.6 Å². The fourth-order valence-electron chi connectivity index (χ4n) is 1.54. The van der Waals surface area contributed by atoms with Crippen molar-refractivity contribution >= 4 is 23.1 Å². The topological polar surface area (TPSA) is 42.2 Å². The molecule has 1 heterocycles. The van der Waals surface area contributed by atoms with Gasteiger partial charge in [0.2, 0.25) is 0 Å². The summed E-state index contributed by atoms with van der Waals surface area (Å²) in [4.78, 5) is 6.36. The van der Waals surface area contributed by atoms with Crippen LogP contribution in [0.4, 0.5) is 11.4 Å². The third-order valence-corrected chi connectivity index (χ3v) is 3.25. The molecule has 4 heteroatoms. The van der Waals surface area contributed by atoms with Gasteiger partial charge in [-0.05, 0) is 18.7 Å². The molecule has 3 nitrogen and oxygen atoms in total. The largest absolute Gasteiger partial charge is 0.397 e. The average molecular weight is 225 g/mol. The Morgan fingerprint density at radius 3 is 2.80 bits per heavy atom. The summed E-state index contributed by atoms with van der Waals surface area (Å²) in [6.45, 7) is 2.21. The number of pyridine rings is 1. The number of nitrogen functional groups attached to an aromatic ring is 1. The zero-order valence-electron chi connectivity index (χ0n) is 9.60. The van der Waals surface area contributed by atoms with E-state index in [1.807, 2.05) is 24.0 Å². The smallest absolute Gasteiger partial charge is 0.0573 e. The van der Waals surface area contributed by atoms with Crippen molar-refractivity contribution in [2.24, 2.45) is 0 Å². The van der Waals surface area contributed by atoms with Gasteiger partial charge in [-0.25, -0.2) is 0 Å². The standard InChI is InChI=1S/C11H19N3S/c1-4-10(8-15-3)14(2)11-5-9(12)6-13-7-11/h5-7,10H,4,8,12H2,1-3H3. The van der Waals surface area contributed by atoms with Crippen LogP contribution in [0.5, 0.6) is 0 Å². The maximum atomic E-state index is 5.72. The molecule has 1 aromatic rings. The number of rotatable bonds is 5. The van der Waals surface area contributed by atoms with Crippen LogP contribution in [0.25, 0.3) is 0 Å². The van der Waals surface area contributed by atoms with Crippen LogP contribution in [0.1, 0.15) is 13.3 Å². The molecule has 0 spiro atoms. The summed E-state index contributed by atoms with van der Waals surface area (Å²) in [6, 6.07) is 2.51. The highest BCUT2D eigenvalue weighted by Crippen LogP contribution is 2.19. The van der Waals surface area contributed by atoms with Gasteiger partial charge in [-0.3, -0.25) is 4.98 Å². The van der Waals surface area contributed by atoms with Crippen LogP contribution in [0.2, 0.25) is 0 Å². The first kappa shape index (κ1) is 12.2. The van der Waals surface area contributed by atoms with Crippen molar-refractivity contribution in [3.63, 3.8) is 0 Å². The summed E-state index contributed by atoms with van der Waals surface area (Å²) in [5.41, 5.74) is 7.53. The maximum absolute atomic E-state index is 5.72. The van der Waals surface area contributed by atoms with Crippen LogP contribution in [0.3, 0.4) is 0 Å². The normalized spacial score (nSPS) is 12.5. The highest BCUT2D eigenvalue weighted by atomic mass is 32.2. The summed E-state index contributed by atoms with van der Waals surface area (Å²) in [6.07, 6.45) is 6.80. The van der Waals surface area contributed by atoms with Gasteiger partial charge in [-0.15, -0.1) is 0 Å². The Bertz CT molecular complexity index is 304. The molecule has 0 fully saturated rings. The molecule has 1 atom stereocenters. The van der Waals surface area contributed by atoms with Crippen molar-refractivity contribution in [2.75, 3.05) is 29.7 Å². The minimum atomic E-state index is 0.545. The third kappa shape index (κ3) is 3.30. The molecule has 0 radical (unpaired) electrons. The fourth-order valence-corrected chi connectivity index (χ4v) is 2.39. The summed E-state index contributed by atoms with van der Waals surface area (Å²) in [5.74, 6) is 1.13. The minimum absolute atomic E-state index is 0.545. The SMILES string of the molecule is CCC(CSC)N(C)c1cncc(N)c1. The second-order valence-corrected chi connectivity index (χ2v) is 4.52. The Morgan fingerprint density at radius 1 is 1.53 bits per heavy atom. The molecule has 0 bridgehead atoms. The van der Waals surface area contributed by atoms with Crippen molar-refractivity contribution in [2.45, 2.75) is 19.4 Å². The molecular formula is C11H19N3S. The van der Waals surface area contributed by atoms with E-state index in [9.17, 15) is 0 Å². The minimum Gasteiger partial charge on any atom is -0.397 e. The van der Waals surface area contributed by atoms with E-state index >= 15 is 0 Å². The maximum Gasteiger partial charge on any atom is 0.0573 e. The van der Waals surface area contributed by atoms with Gasteiger partial charge in [-0.1, -0.05) is 6.92 Å². The van der Waals surface area contributed by atoms with Gasteiger partial charge in [0, 0.05) is 25.0 Å². The number of anilines is 2. The number of nitrogens with two attached hydrogens (primary N) is 1. The van der Waals surface area contributed by atoms with Gasteiger partial charge < -0.3 is 10.6 Å². The molecule has 2 N–H and O–H groups in total. The van der Waals surface area contributed by atoms with Crippen molar-refractivity contribution in [1.29, 1.82) is 0 Å². The van der Waals surface area contributed by atoms with Crippen molar-refractivity contribution in [3.05, 3.63) is 18.5 Å². The molecule has 0 amide bonds. The number of nitrogens with zero attached hydrogens (tertiary/aromatic N) is 2. The second-order valence-electron chi connectivity index (χ2n) is 3.60. The summed E-state index contributed by atoms with van der Waals surface area (Å²) in [7, 11) is 2.10. The Hall–Kier alpha value is -0.900. The summed E-state index contributed by atoms with van der Waals surface area (Å²) in [5, 5.41) is 0. The molecule has 15 heavy (non-hydrogen) atoms. The van der Waals surface area contributed by atoms with Crippen LogP contribution in [-0.4, -0.2) is 30.1 Å². The lowest BCUT2D eigenvalue weighted by Crippen LogP contribution is -2.33. The Morgan fingerprint density at radius 2 is 2.27 bits per heavy atom. The molecule has 1 rings (SSSR count). The third-order valence-electron chi connectivity index (χ3n) is 2.53. The van der Waals surface area contributed by atoms with E-state index < -0.39 is 0 Å². The molecule has 0 aromatic carbocycles. The first-order chi connectivity index (χ1) is 7.19. The van der Waals surface area contributed by atoms with Gasteiger partial charge >= 0.3 is 0 Å². The second kappa shape index (κ2) is 5.85. The summed E-state index contributed by atoms with van der Waals surface area (Å²) >= 11 is 1.87. The molecule has 0 aliphatic rings. The van der Waals surface area contributed by atoms with Crippen LogP contribution >= 0.6 is 11.8 Å². The number of hydrogen-bond donors (Lipinski definition) is 1. The average Bonchev–Trinajstić information content (AvgIpc) is 2.25. The predicted molar refractivity (Wildman–Crippen MR) is 69.5 cm³/mol.